The second-order valence-corrected chi connectivity index (χ2v) is 5.00. The van der Waals surface area contributed by atoms with E-state index in [0.29, 0.717) is 10.6 Å². The van der Waals surface area contributed by atoms with Crippen LogP contribution in [0.15, 0.2) is 42.5 Å². The van der Waals surface area contributed by atoms with Gasteiger partial charge in [0.15, 0.2) is 0 Å². The van der Waals surface area contributed by atoms with E-state index >= 15 is 0 Å². The van der Waals surface area contributed by atoms with Crippen molar-refractivity contribution in [1.82, 2.24) is 9.55 Å². The molecule has 0 fully saturated rings. The highest BCUT2D eigenvalue weighted by molar-refractivity contribution is 6.30. The number of alkyl halides is 1. The molecule has 0 bridgehead atoms. The van der Waals surface area contributed by atoms with Crippen LogP contribution >= 0.6 is 23.2 Å². The first kappa shape index (κ1) is 13.0. The summed E-state index contributed by atoms with van der Waals surface area (Å²) in [5.41, 5.74) is 3.12. The summed E-state index contributed by atoms with van der Waals surface area (Å²) in [7, 11) is 0. The minimum atomic E-state index is 0.281. The Morgan fingerprint density at radius 1 is 1.20 bits per heavy atom. The van der Waals surface area contributed by atoms with Crippen LogP contribution in [0.4, 0.5) is 0 Å². The third-order valence-corrected chi connectivity index (χ3v) is 3.51. The van der Waals surface area contributed by atoms with Crippen LogP contribution in [0.5, 0.6) is 0 Å². The fraction of sp³-hybridized carbons (Fsp3) is 0.0667. The fourth-order valence-corrected chi connectivity index (χ4v) is 2.55. The summed E-state index contributed by atoms with van der Waals surface area (Å²) in [5.74, 6) is 1.00. The van der Waals surface area contributed by atoms with Crippen LogP contribution in [0.2, 0.25) is 5.02 Å². The zero-order chi connectivity index (χ0) is 14.1. The number of fused-ring (bicyclic) bond motifs is 1. The van der Waals surface area contributed by atoms with Gasteiger partial charge in [-0.15, -0.1) is 11.6 Å². The van der Waals surface area contributed by atoms with Crippen molar-refractivity contribution >= 4 is 34.2 Å². The Labute approximate surface area is 126 Å². The molecule has 0 aliphatic rings. The maximum Gasteiger partial charge on any atom is 0.129 e. The molecule has 0 atom stereocenters. The Hall–Kier alpha value is -2.02. The summed E-state index contributed by atoms with van der Waals surface area (Å²) in [6.07, 6.45) is 0. The summed E-state index contributed by atoms with van der Waals surface area (Å²) in [4.78, 5) is 4.49. The van der Waals surface area contributed by atoms with Crippen LogP contribution in [-0.2, 0) is 5.88 Å². The lowest BCUT2D eigenvalue weighted by molar-refractivity contribution is 0.982. The zero-order valence-corrected chi connectivity index (χ0v) is 11.9. The molecule has 0 saturated carbocycles. The van der Waals surface area contributed by atoms with Gasteiger partial charge in [-0.2, -0.15) is 5.26 Å². The van der Waals surface area contributed by atoms with Crippen LogP contribution in [0.3, 0.4) is 0 Å². The second-order valence-electron chi connectivity index (χ2n) is 4.29. The van der Waals surface area contributed by atoms with E-state index in [9.17, 15) is 0 Å². The summed E-state index contributed by atoms with van der Waals surface area (Å²) in [6, 6.07) is 15.0. The standard InChI is InChI=1S/C15H9Cl2N3/c16-8-15-19-13-5-4-10(9-18)6-14(13)20(15)12-3-1-2-11(17)7-12/h1-7H,8H2. The van der Waals surface area contributed by atoms with Crippen LogP contribution in [0.1, 0.15) is 11.4 Å². The smallest absolute Gasteiger partial charge is 0.129 e. The van der Waals surface area contributed by atoms with E-state index < -0.39 is 0 Å². The molecular formula is C15H9Cl2N3. The molecule has 3 aromatic rings. The first-order valence-electron chi connectivity index (χ1n) is 5.96. The molecule has 2 aromatic carbocycles. The van der Waals surface area contributed by atoms with Crippen molar-refractivity contribution in [3.8, 4) is 11.8 Å². The van der Waals surface area contributed by atoms with Crippen molar-refractivity contribution in [2.24, 2.45) is 0 Å². The first-order chi connectivity index (χ1) is 9.72. The van der Waals surface area contributed by atoms with E-state index in [1.165, 1.54) is 0 Å². The van der Waals surface area contributed by atoms with Gasteiger partial charge in [0.05, 0.1) is 28.5 Å². The Balaban J connectivity index is 2.35. The highest BCUT2D eigenvalue weighted by Gasteiger charge is 2.12. The van der Waals surface area contributed by atoms with Gasteiger partial charge in [0.2, 0.25) is 0 Å². The molecule has 0 amide bonds. The average molecular weight is 302 g/mol. The lowest BCUT2D eigenvalue weighted by Gasteiger charge is -2.08. The number of nitrogens with zero attached hydrogens (tertiary/aromatic N) is 3. The molecule has 20 heavy (non-hydrogen) atoms. The van der Waals surface area contributed by atoms with E-state index in [0.717, 1.165) is 22.5 Å². The molecule has 0 unspecified atom stereocenters. The van der Waals surface area contributed by atoms with Crippen molar-refractivity contribution in [3.05, 3.63) is 58.9 Å². The van der Waals surface area contributed by atoms with Gasteiger partial charge < -0.3 is 0 Å². The van der Waals surface area contributed by atoms with Crippen molar-refractivity contribution in [3.63, 3.8) is 0 Å². The van der Waals surface area contributed by atoms with Gasteiger partial charge in [0.25, 0.3) is 0 Å². The van der Waals surface area contributed by atoms with Gasteiger partial charge in [-0.1, -0.05) is 17.7 Å². The number of hydrogen-bond donors (Lipinski definition) is 0. The number of hydrogen-bond acceptors (Lipinski definition) is 2. The van der Waals surface area contributed by atoms with E-state index in [2.05, 4.69) is 11.1 Å². The second kappa shape index (κ2) is 5.16. The van der Waals surface area contributed by atoms with Crippen molar-refractivity contribution in [1.29, 1.82) is 5.26 Å². The van der Waals surface area contributed by atoms with Crippen LogP contribution in [0, 0.1) is 11.3 Å². The minimum Gasteiger partial charge on any atom is -0.295 e. The Kier molecular flexibility index (Phi) is 3.35. The minimum absolute atomic E-state index is 0.281. The highest BCUT2D eigenvalue weighted by Crippen LogP contribution is 2.25. The van der Waals surface area contributed by atoms with E-state index in [4.69, 9.17) is 28.5 Å². The quantitative estimate of drug-likeness (QED) is 0.663. The van der Waals surface area contributed by atoms with Gasteiger partial charge in [-0.3, -0.25) is 4.57 Å². The maximum atomic E-state index is 9.04. The topological polar surface area (TPSA) is 41.6 Å². The fourth-order valence-electron chi connectivity index (χ4n) is 2.19. The number of benzene rings is 2. The average Bonchev–Trinajstić information content (AvgIpc) is 2.84. The van der Waals surface area contributed by atoms with Gasteiger partial charge in [0.1, 0.15) is 5.82 Å². The molecule has 3 nitrogen and oxygen atoms in total. The number of halogens is 2. The van der Waals surface area contributed by atoms with Gasteiger partial charge >= 0.3 is 0 Å². The van der Waals surface area contributed by atoms with E-state index in [1.54, 1.807) is 12.1 Å². The molecule has 98 valence electrons. The summed E-state index contributed by atoms with van der Waals surface area (Å²) >= 11 is 12.0. The number of imidazole rings is 1. The molecule has 5 heteroatoms. The van der Waals surface area contributed by atoms with E-state index in [1.807, 2.05) is 34.9 Å². The Bertz CT molecular complexity index is 831. The van der Waals surface area contributed by atoms with Crippen LogP contribution in [0.25, 0.3) is 16.7 Å². The molecule has 0 aliphatic carbocycles. The van der Waals surface area contributed by atoms with Gasteiger partial charge in [-0.05, 0) is 36.4 Å². The van der Waals surface area contributed by atoms with Crippen LogP contribution in [-0.4, -0.2) is 9.55 Å². The van der Waals surface area contributed by atoms with Gasteiger partial charge in [-0.25, -0.2) is 4.98 Å². The number of rotatable bonds is 2. The largest absolute Gasteiger partial charge is 0.295 e. The molecule has 0 saturated heterocycles. The summed E-state index contributed by atoms with van der Waals surface area (Å²) in [5, 5.41) is 9.68. The predicted octanol–water partition coefficient (Wildman–Crippen LogP) is 4.29. The first-order valence-corrected chi connectivity index (χ1v) is 6.87. The Morgan fingerprint density at radius 3 is 2.75 bits per heavy atom. The molecule has 0 spiro atoms. The number of aromatic nitrogens is 2. The lowest BCUT2D eigenvalue weighted by Crippen LogP contribution is -1.99. The molecule has 0 N–H and O–H groups in total. The molecule has 0 aliphatic heterocycles. The molecule has 3 rings (SSSR count). The van der Waals surface area contributed by atoms with E-state index in [-0.39, 0.29) is 5.88 Å². The molecule has 0 radical (unpaired) electrons. The van der Waals surface area contributed by atoms with Crippen LogP contribution < -0.4 is 0 Å². The van der Waals surface area contributed by atoms with Crippen molar-refractivity contribution in [2.45, 2.75) is 5.88 Å². The molecule has 1 heterocycles. The molecular weight excluding hydrogens is 293 g/mol. The highest BCUT2D eigenvalue weighted by atomic mass is 35.5. The van der Waals surface area contributed by atoms with Gasteiger partial charge in [0, 0.05) is 10.7 Å². The SMILES string of the molecule is N#Cc1ccc2nc(CCl)n(-c3cccc(Cl)c3)c2c1. The third-order valence-electron chi connectivity index (χ3n) is 3.04. The number of nitriles is 1. The third kappa shape index (κ3) is 2.14. The zero-order valence-electron chi connectivity index (χ0n) is 10.3. The van der Waals surface area contributed by atoms with Crippen molar-refractivity contribution in [2.75, 3.05) is 0 Å². The summed E-state index contributed by atoms with van der Waals surface area (Å²) in [6.45, 7) is 0. The predicted molar refractivity (Wildman–Crippen MR) is 80.4 cm³/mol. The van der Waals surface area contributed by atoms with Crippen molar-refractivity contribution < 1.29 is 0 Å². The Morgan fingerprint density at radius 2 is 2.05 bits per heavy atom. The lowest BCUT2D eigenvalue weighted by atomic mass is 10.2. The monoisotopic (exact) mass is 301 g/mol. The normalized spacial score (nSPS) is 10.7. The molecule has 1 aromatic heterocycles. The summed E-state index contributed by atoms with van der Waals surface area (Å²) < 4.78 is 1.93. The maximum absolute atomic E-state index is 9.04.